The van der Waals surface area contributed by atoms with E-state index in [1.807, 2.05) is 61.7 Å². The van der Waals surface area contributed by atoms with Crippen molar-refractivity contribution >= 4 is 27.0 Å². The molecule has 0 spiro atoms. The number of hydrogen-bond donors (Lipinski definition) is 0. The number of piperazine rings is 1. The van der Waals surface area contributed by atoms with Gasteiger partial charge in [-0.2, -0.15) is 4.31 Å². The summed E-state index contributed by atoms with van der Waals surface area (Å²) in [6, 6.07) is 13.2. The number of carbonyl (C=O) groups excluding carboxylic acids is 1. The van der Waals surface area contributed by atoms with Gasteiger partial charge < -0.3 is 9.47 Å². The number of sulfonamides is 1. The van der Waals surface area contributed by atoms with Gasteiger partial charge in [-0.15, -0.1) is 0 Å². The van der Waals surface area contributed by atoms with Gasteiger partial charge in [-0.3, -0.25) is 4.79 Å². The lowest BCUT2D eigenvalue weighted by molar-refractivity contribution is -0.133. The maximum absolute atomic E-state index is 13.1. The van der Waals surface area contributed by atoms with Crippen LogP contribution in [0, 0.1) is 20.8 Å². The molecule has 0 N–H and O–H groups in total. The molecule has 0 unspecified atom stereocenters. The zero-order chi connectivity index (χ0) is 21.5. The monoisotopic (exact) mass is 426 g/mol. The fourth-order valence-electron chi connectivity index (χ4n) is 3.93. The quantitative estimate of drug-likeness (QED) is 0.642. The Labute approximate surface area is 177 Å². The molecule has 1 fully saturated rings. The number of imidazole rings is 1. The Bertz CT molecular complexity index is 1210. The van der Waals surface area contributed by atoms with Crippen molar-refractivity contribution in [3.8, 4) is 0 Å². The van der Waals surface area contributed by atoms with Crippen molar-refractivity contribution in [1.82, 2.24) is 18.8 Å². The standard InChI is InChI=1S/C22H26N4O3S/c1-16-8-9-17(2)21(14-16)30(28,29)25-12-10-24(11-13-25)22(27)15-26-18(3)23-19-6-4-5-7-20(19)26/h4-9,14H,10-13,15H2,1-3H3. The van der Waals surface area contributed by atoms with Gasteiger partial charge in [0.1, 0.15) is 12.4 Å². The Hall–Kier alpha value is -2.71. The summed E-state index contributed by atoms with van der Waals surface area (Å²) < 4.78 is 29.6. The number of fused-ring (bicyclic) bond motifs is 1. The molecule has 8 heteroatoms. The molecular weight excluding hydrogens is 400 g/mol. The zero-order valence-corrected chi connectivity index (χ0v) is 18.3. The second-order valence-electron chi connectivity index (χ2n) is 7.79. The smallest absolute Gasteiger partial charge is 0.243 e. The number of para-hydroxylation sites is 2. The molecule has 3 aromatic rings. The number of carbonyl (C=O) groups is 1. The van der Waals surface area contributed by atoms with Gasteiger partial charge >= 0.3 is 0 Å². The van der Waals surface area contributed by atoms with Crippen molar-refractivity contribution in [1.29, 1.82) is 0 Å². The van der Waals surface area contributed by atoms with E-state index in [9.17, 15) is 13.2 Å². The molecule has 0 bridgehead atoms. The molecule has 1 amide bonds. The van der Waals surface area contributed by atoms with Gasteiger partial charge in [0, 0.05) is 26.2 Å². The minimum Gasteiger partial charge on any atom is -0.339 e. The molecule has 0 atom stereocenters. The van der Waals surface area contributed by atoms with E-state index in [1.54, 1.807) is 11.0 Å². The Balaban J connectivity index is 1.46. The highest BCUT2D eigenvalue weighted by atomic mass is 32.2. The van der Waals surface area contributed by atoms with E-state index in [0.29, 0.717) is 31.1 Å². The number of rotatable bonds is 4. The van der Waals surface area contributed by atoms with E-state index in [1.165, 1.54) is 4.31 Å². The molecule has 2 aromatic carbocycles. The van der Waals surface area contributed by atoms with Crippen LogP contribution >= 0.6 is 0 Å². The second kappa shape index (κ2) is 7.85. The second-order valence-corrected chi connectivity index (χ2v) is 9.69. The molecule has 0 aliphatic carbocycles. The SMILES string of the molecule is Cc1ccc(C)c(S(=O)(=O)N2CCN(C(=O)Cn3c(C)nc4ccccc43)CC2)c1. The summed E-state index contributed by atoms with van der Waals surface area (Å²) in [4.78, 5) is 19.5. The number of aromatic nitrogens is 2. The highest BCUT2D eigenvalue weighted by Crippen LogP contribution is 2.23. The van der Waals surface area contributed by atoms with Crippen molar-refractivity contribution in [3.63, 3.8) is 0 Å². The number of nitrogens with zero attached hydrogens (tertiary/aromatic N) is 4. The van der Waals surface area contributed by atoms with Crippen LogP contribution < -0.4 is 0 Å². The largest absolute Gasteiger partial charge is 0.339 e. The Kier molecular flexibility index (Phi) is 5.38. The van der Waals surface area contributed by atoms with E-state index in [2.05, 4.69) is 4.98 Å². The van der Waals surface area contributed by atoms with Crippen LogP contribution in [0.5, 0.6) is 0 Å². The zero-order valence-electron chi connectivity index (χ0n) is 17.5. The predicted molar refractivity (Wildman–Crippen MR) is 116 cm³/mol. The summed E-state index contributed by atoms with van der Waals surface area (Å²) in [5, 5.41) is 0. The minimum atomic E-state index is -3.57. The molecular formula is C22H26N4O3S. The topological polar surface area (TPSA) is 75.5 Å². The molecule has 30 heavy (non-hydrogen) atoms. The Morgan fingerprint density at radius 2 is 1.70 bits per heavy atom. The van der Waals surface area contributed by atoms with E-state index < -0.39 is 10.0 Å². The molecule has 1 aliphatic rings. The lowest BCUT2D eigenvalue weighted by atomic mass is 10.2. The van der Waals surface area contributed by atoms with Crippen LogP contribution in [0.2, 0.25) is 0 Å². The maximum atomic E-state index is 13.1. The highest BCUT2D eigenvalue weighted by molar-refractivity contribution is 7.89. The predicted octanol–water partition coefficient (Wildman–Crippen LogP) is 2.49. The van der Waals surface area contributed by atoms with Gasteiger partial charge in [-0.05, 0) is 50.1 Å². The van der Waals surface area contributed by atoms with Crippen molar-refractivity contribution in [2.45, 2.75) is 32.2 Å². The van der Waals surface area contributed by atoms with Crippen molar-refractivity contribution < 1.29 is 13.2 Å². The highest BCUT2D eigenvalue weighted by Gasteiger charge is 2.31. The minimum absolute atomic E-state index is 0.0231. The molecule has 2 heterocycles. The van der Waals surface area contributed by atoms with Gasteiger partial charge in [-0.1, -0.05) is 24.3 Å². The summed E-state index contributed by atoms with van der Waals surface area (Å²) in [7, 11) is -3.57. The molecule has 0 saturated carbocycles. The van der Waals surface area contributed by atoms with E-state index in [4.69, 9.17) is 0 Å². The fourth-order valence-corrected chi connectivity index (χ4v) is 5.66. The number of amides is 1. The van der Waals surface area contributed by atoms with E-state index in [-0.39, 0.29) is 12.5 Å². The van der Waals surface area contributed by atoms with Crippen LogP contribution in [-0.2, 0) is 21.4 Å². The lowest BCUT2D eigenvalue weighted by Gasteiger charge is -2.34. The number of aryl methyl sites for hydroxylation is 3. The van der Waals surface area contributed by atoms with Crippen LogP contribution in [-0.4, -0.2) is 59.3 Å². The normalized spacial score (nSPS) is 15.6. The molecule has 1 aliphatic heterocycles. The van der Waals surface area contributed by atoms with Gasteiger partial charge in [-0.25, -0.2) is 13.4 Å². The average Bonchev–Trinajstić information content (AvgIpc) is 3.05. The molecule has 1 saturated heterocycles. The van der Waals surface area contributed by atoms with Crippen LogP contribution in [0.4, 0.5) is 0 Å². The fraction of sp³-hybridized carbons (Fsp3) is 0.364. The van der Waals surface area contributed by atoms with E-state index in [0.717, 1.165) is 28.0 Å². The van der Waals surface area contributed by atoms with Crippen LogP contribution in [0.25, 0.3) is 11.0 Å². The third-order valence-electron chi connectivity index (χ3n) is 5.69. The average molecular weight is 427 g/mol. The van der Waals surface area contributed by atoms with Gasteiger partial charge in [0.2, 0.25) is 15.9 Å². The Morgan fingerprint density at radius 3 is 2.43 bits per heavy atom. The summed E-state index contributed by atoms with van der Waals surface area (Å²) in [5.74, 6) is 0.769. The number of benzene rings is 2. The van der Waals surface area contributed by atoms with Crippen molar-refractivity contribution in [2.75, 3.05) is 26.2 Å². The first kappa shape index (κ1) is 20.6. The lowest BCUT2D eigenvalue weighted by Crippen LogP contribution is -2.51. The van der Waals surface area contributed by atoms with Gasteiger partial charge in [0.25, 0.3) is 0 Å². The first-order valence-corrected chi connectivity index (χ1v) is 11.5. The molecule has 158 valence electrons. The first-order chi connectivity index (χ1) is 14.3. The van der Waals surface area contributed by atoms with Crippen molar-refractivity contribution in [3.05, 3.63) is 59.4 Å². The van der Waals surface area contributed by atoms with Crippen LogP contribution in [0.15, 0.2) is 47.4 Å². The summed E-state index contributed by atoms with van der Waals surface area (Å²) >= 11 is 0. The Morgan fingerprint density at radius 1 is 1.00 bits per heavy atom. The van der Waals surface area contributed by atoms with E-state index >= 15 is 0 Å². The molecule has 7 nitrogen and oxygen atoms in total. The van der Waals surface area contributed by atoms with Gasteiger partial charge in [0.15, 0.2) is 0 Å². The summed E-state index contributed by atoms with van der Waals surface area (Å²) in [6.45, 7) is 7.15. The number of hydrogen-bond acceptors (Lipinski definition) is 4. The van der Waals surface area contributed by atoms with Crippen molar-refractivity contribution in [2.24, 2.45) is 0 Å². The molecule has 0 radical (unpaired) electrons. The van der Waals surface area contributed by atoms with Gasteiger partial charge in [0.05, 0.1) is 15.9 Å². The first-order valence-electron chi connectivity index (χ1n) is 10.0. The molecule has 1 aromatic heterocycles. The molecule has 4 rings (SSSR count). The third-order valence-corrected chi connectivity index (χ3v) is 7.73. The van der Waals surface area contributed by atoms with Crippen LogP contribution in [0.1, 0.15) is 17.0 Å². The summed E-state index contributed by atoms with van der Waals surface area (Å²) in [5.41, 5.74) is 3.45. The summed E-state index contributed by atoms with van der Waals surface area (Å²) in [6.07, 6.45) is 0. The third kappa shape index (κ3) is 3.73. The maximum Gasteiger partial charge on any atom is 0.243 e. The van der Waals surface area contributed by atoms with Crippen LogP contribution in [0.3, 0.4) is 0 Å².